The Morgan fingerprint density at radius 2 is 1.56 bits per heavy atom. The van der Waals surface area contributed by atoms with Gasteiger partial charge in [-0.05, 0) is 63.0 Å². The topological polar surface area (TPSA) is 68.3 Å². The monoisotopic (exact) mass is 472 g/mol. The average molecular weight is 473 g/mol. The minimum atomic E-state index is -0.0622. The summed E-state index contributed by atoms with van der Waals surface area (Å²) < 4.78 is 0. The molecule has 0 fully saturated rings. The summed E-state index contributed by atoms with van der Waals surface area (Å²) in [5, 5.41) is 0. The van der Waals surface area contributed by atoms with E-state index < -0.39 is 0 Å². The third-order valence-corrected chi connectivity index (χ3v) is 6.26. The van der Waals surface area contributed by atoms with Crippen LogP contribution in [0.25, 0.3) is 0 Å². The highest BCUT2D eigenvalue weighted by Gasteiger charge is 2.32. The molecule has 1 aromatic carbocycles. The van der Waals surface area contributed by atoms with Crippen molar-refractivity contribution in [2.45, 2.75) is 113 Å². The van der Waals surface area contributed by atoms with Gasteiger partial charge in [-0.15, -0.1) is 0 Å². The van der Waals surface area contributed by atoms with Crippen molar-refractivity contribution in [2.24, 2.45) is 17.8 Å². The fourth-order valence-corrected chi connectivity index (χ4v) is 4.69. The second kappa shape index (κ2) is 17.4. The second-order valence-corrected chi connectivity index (χ2v) is 9.71. The molecule has 0 spiro atoms. The van der Waals surface area contributed by atoms with Crippen LogP contribution in [0.4, 0.5) is 0 Å². The van der Waals surface area contributed by atoms with Gasteiger partial charge in [0.1, 0.15) is 17.3 Å². The number of hydrogen-bond acceptors (Lipinski definition) is 4. The molecule has 1 aliphatic rings. The van der Waals surface area contributed by atoms with Gasteiger partial charge in [-0.1, -0.05) is 72.1 Å². The predicted octanol–water partition coefficient (Wildman–Crippen LogP) is 7.52. The van der Waals surface area contributed by atoms with E-state index in [1.807, 2.05) is 32.9 Å². The fraction of sp³-hybridized carbons (Fsp3) is 0.667. The van der Waals surface area contributed by atoms with Crippen molar-refractivity contribution < 1.29 is 19.2 Å². The molecule has 3 unspecified atom stereocenters. The Balaban J connectivity index is 0.00000118. The molecule has 0 heterocycles. The van der Waals surface area contributed by atoms with Gasteiger partial charge in [0.05, 0.1) is 6.42 Å². The van der Waals surface area contributed by atoms with Gasteiger partial charge < -0.3 is 4.79 Å². The Kier molecular flexibility index (Phi) is 16.3. The van der Waals surface area contributed by atoms with E-state index in [-0.39, 0.29) is 41.4 Å². The minimum absolute atomic E-state index is 0.0460. The lowest BCUT2D eigenvalue weighted by atomic mass is 9.72. The number of carbonyl (C=O) groups is 4. The van der Waals surface area contributed by atoms with Crippen molar-refractivity contribution in [3.05, 3.63) is 34.9 Å². The first-order valence-corrected chi connectivity index (χ1v) is 13.2. The summed E-state index contributed by atoms with van der Waals surface area (Å²) >= 11 is 0. The largest absolute Gasteiger partial charge is 0.300 e. The molecule has 0 amide bonds. The lowest BCUT2D eigenvalue weighted by Gasteiger charge is -2.31. The number of fused-ring (bicyclic) bond motifs is 1. The van der Waals surface area contributed by atoms with Gasteiger partial charge in [-0.3, -0.25) is 14.4 Å². The van der Waals surface area contributed by atoms with Gasteiger partial charge in [0.15, 0.2) is 5.78 Å². The number of benzene rings is 1. The van der Waals surface area contributed by atoms with Crippen LogP contribution in [-0.4, -0.2) is 23.1 Å². The fourth-order valence-electron chi connectivity index (χ4n) is 4.69. The summed E-state index contributed by atoms with van der Waals surface area (Å²) in [5.41, 5.74) is 3.14. The molecular formula is C30H48O4. The van der Waals surface area contributed by atoms with Crippen molar-refractivity contribution >= 4 is 23.1 Å². The van der Waals surface area contributed by atoms with E-state index in [1.165, 1.54) is 13.3 Å². The highest BCUT2D eigenvalue weighted by atomic mass is 16.1. The van der Waals surface area contributed by atoms with Crippen molar-refractivity contribution in [3.8, 4) is 0 Å². The zero-order valence-corrected chi connectivity index (χ0v) is 23.0. The van der Waals surface area contributed by atoms with Crippen LogP contribution in [0.1, 0.15) is 121 Å². The van der Waals surface area contributed by atoms with E-state index in [2.05, 4.69) is 26.8 Å². The van der Waals surface area contributed by atoms with E-state index in [4.69, 9.17) is 0 Å². The second-order valence-electron chi connectivity index (χ2n) is 9.71. The predicted molar refractivity (Wildman–Crippen MR) is 141 cm³/mol. The first-order chi connectivity index (χ1) is 16.1. The third-order valence-electron chi connectivity index (χ3n) is 6.26. The molecule has 0 bridgehead atoms. The van der Waals surface area contributed by atoms with Crippen LogP contribution in [0, 0.1) is 24.7 Å². The number of aryl methyl sites for hydroxylation is 1. The van der Waals surface area contributed by atoms with E-state index >= 15 is 0 Å². The zero-order chi connectivity index (χ0) is 26.3. The summed E-state index contributed by atoms with van der Waals surface area (Å²) in [6.07, 6.45) is 7.13. The molecule has 192 valence electrons. The van der Waals surface area contributed by atoms with Crippen LogP contribution < -0.4 is 0 Å². The summed E-state index contributed by atoms with van der Waals surface area (Å²) in [6, 6.07) is 6.10. The molecule has 0 radical (unpaired) electrons. The summed E-state index contributed by atoms with van der Waals surface area (Å²) in [6.45, 7) is 15.3. The quantitative estimate of drug-likeness (QED) is 0.330. The summed E-state index contributed by atoms with van der Waals surface area (Å²) in [4.78, 5) is 46.4. The van der Waals surface area contributed by atoms with E-state index in [0.717, 1.165) is 48.8 Å². The molecule has 1 aliphatic carbocycles. The summed E-state index contributed by atoms with van der Waals surface area (Å²) in [7, 11) is 0. The molecule has 34 heavy (non-hydrogen) atoms. The number of hydrogen-bond donors (Lipinski definition) is 0. The SMILES string of the molecule is CCC.CCC(C)=O.CCCC(CC1CC(=O)c2c(C)cccc2C1)C(CC)C(=O)CC(C)=O. The molecular weight excluding hydrogens is 424 g/mol. The van der Waals surface area contributed by atoms with Crippen molar-refractivity contribution in [1.82, 2.24) is 0 Å². The third kappa shape index (κ3) is 11.4. The Morgan fingerprint density at radius 1 is 0.971 bits per heavy atom. The standard InChI is InChI=1S/C23H32O3.C4H8O.C3H8/c1-5-8-18(20(6-2)21(25)11-16(4)24)12-17-13-19-10-7-9-15(3)23(19)22(26)14-17;1-3-4(2)5;1-3-2/h7,9-10,17-18,20H,5-6,8,11-14H2,1-4H3;3H2,1-2H3;3H2,1-2H3. The van der Waals surface area contributed by atoms with E-state index in [1.54, 1.807) is 6.92 Å². The van der Waals surface area contributed by atoms with Crippen LogP contribution in [0.5, 0.6) is 0 Å². The molecule has 4 heteroatoms. The average Bonchev–Trinajstić information content (AvgIpc) is 2.74. The smallest absolute Gasteiger partial charge is 0.163 e. The van der Waals surface area contributed by atoms with Gasteiger partial charge >= 0.3 is 0 Å². The molecule has 0 saturated heterocycles. The minimum Gasteiger partial charge on any atom is -0.300 e. The normalized spacial score (nSPS) is 16.1. The first-order valence-electron chi connectivity index (χ1n) is 13.2. The van der Waals surface area contributed by atoms with Crippen LogP contribution in [0.3, 0.4) is 0 Å². The van der Waals surface area contributed by atoms with Crippen LogP contribution in [0.15, 0.2) is 18.2 Å². The maximum atomic E-state index is 12.7. The molecule has 2 rings (SSSR count). The maximum Gasteiger partial charge on any atom is 0.163 e. The van der Waals surface area contributed by atoms with Crippen LogP contribution in [0.2, 0.25) is 0 Å². The molecule has 0 aromatic heterocycles. The Morgan fingerprint density at radius 3 is 2.03 bits per heavy atom. The molecule has 0 saturated carbocycles. The molecule has 4 nitrogen and oxygen atoms in total. The summed E-state index contributed by atoms with van der Waals surface area (Å²) in [5.74, 6) is 1.02. The highest BCUT2D eigenvalue weighted by Crippen LogP contribution is 2.36. The molecule has 3 atom stereocenters. The molecule has 0 N–H and O–H groups in total. The number of Topliss-reactive ketones (excluding diaryl/α,β-unsaturated/α-hetero) is 4. The van der Waals surface area contributed by atoms with Gasteiger partial charge in [-0.25, -0.2) is 0 Å². The Hall–Kier alpha value is -2.10. The van der Waals surface area contributed by atoms with Crippen molar-refractivity contribution in [3.63, 3.8) is 0 Å². The highest BCUT2D eigenvalue weighted by molar-refractivity contribution is 6.00. The van der Waals surface area contributed by atoms with Crippen molar-refractivity contribution in [1.29, 1.82) is 0 Å². The zero-order valence-electron chi connectivity index (χ0n) is 23.0. The van der Waals surface area contributed by atoms with Crippen LogP contribution >= 0.6 is 0 Å². The van der Waals surface area contributed by atoms with Gasteiger partial charge in [0, 0.05) is 24.3 Å². The molecule has 1 aromatic rings. The lowest BCUT2D eigenvalue weighted by Crippen LogP contribution is -2.29. The van der Waals surface area contributed by atoms with E-state index in [9.17, 15) is 19.2 Å². The number of ketones is 4. The van der Waals surface area contributed by atoms with Gasteiger partial charge in [0.25, 0.3) is 0 Å². The lowest BCUT2D eigenvalue weighted by molar-refractivity contribution is -0.130. The van der Waals surface area contributed by atoms with Crippen molar-refractivity contribution in [2.75, 3.05) is 0 Å². The molecule has 0 aliphatic heterocycles. The number of carbonyl (C=O) groups excluding carboxylic acids is 4. The maximum absolute atomic E-state index is 12.7. The Bertz CT molecular complexity index is 793. The Labute approximate surface area is 208 Å². The van der Waals surface area contributed by atoms with E-state index in [0.29, 0.717) is 18.8 Å². The number of rotatable bonds is 10. The van der Waals surface area contributed by atoms with Crippen LogP contribution in [-0.2, 0) is 20.8 Å². The van der Waals surface area contributed by atoms with Gasteiger partial charge in [-0.2, -0.15) is 0 Å². The first kappa shape index (κ1) is 31.9. The van der Waals surface area contributed by atoms with Gasteiger partial charge in [0.2, 0.25) is 0 Å².